The molecule has 0 bridgehead atoms. The standard InChI is InChI=1S/C16H17FO3/c1-19-13-6-3-11(4-7-13)9-15(18)12-5-8-14(17)16(10-12)20-2/h3-8,10,15,18H,9H2,1-2H3. The average molecular weight is 276 g/mol. The number of rotatable bonds is 5. The Labute approximate surface area is 117 Å². The number of hydrogen-bond donors (Lipinski definition) is 1. The third-order valence-electron chi connectivity index (χ3n) is 3.15. The van der Waals surface area contributed by atoms with Gasteiger partial charge in [0.25, 0.3) is 0 Å². The fourth-order valence-corrected chi connectivity index (χ4v) is 1.99. The van der Waals surface area contributed by atoms with Crippen LogP contribution >= 0.6 is 0 Å². The Bertz CT molecular complexity index is 566. The summed E-state index contributed by atoms with van der Waals surface area (Å²) in [4.78, 5) is 0. The van der Waals surface area contributed by atoms with E-state index in [1.807, 2.05) is 24.3 Å². The van der Waals surface area contributed by atoms with Crippen LogP contribution in [0.15, 0.2) is 42.5 Å². The molecule has 0 spiro atoms. The van der Waals surface area contributed by atoms with Crippen LogP contribution in [-0.2, 0) is 6.42 Å². The molecule has 0 radical (unpaired) electrons. The molecule has 0 aliphatic rings. The molecular formula is C16H17FO3. The van der Waals surface area contributed by atoms with E-state index in [0.29, 0.717) is 12.0 Å². The summed E-state index contributed by atoms with van der Waals surface area (Å²) in [5, 5.41) is 10.2. The smallest absolute Gasteiger partial charge is 0.165 e. The van der Waals surface area contributed by atoms with Crippen molar-refractivity contribution >= 4 is 0 Å². The van der Waals surface area contributed by atoms with Crippen LogP contribution in [-0.4, -0.2) is 19.3 Å². The van der Waals surface area contributed by atoms with Gasteiger partial charge in [0.05, 0.1) is 20.3 Å². The van der Waals surface area contributed by atoms with Crippen molar-refractivity contribution in [1.82, 2.24) is 0 Å². The Kier molecular flexibility index (Phi) is 4.58. The van der Waals surface area contributed by atoms with Gasteiger partial charge >= 0.3 is 0 Å². The Hall–Kier alpha value is -2.07. The third-order valence-corrected chi connectivity index (χ3v) is 3.15. The van der Waals surface area contributed by atoms with Gasteiger partial charge in [-0.1, -0.05) is 18.2 Å². The van der Waals surface area contributed by atoms with Crippen LogP contribution in [0, 0.1) is 5.82 Å². The van der Waals surface area contributed by atoms with Crippen molar-refractivity contribution < 1.29 is 19.0 Å². The van der Waals surface area contributed by atoms with E-state index in [1.54, 1.807) is 13.2 Å². The lowest BCUT2D eigenvalue weighted by Crippen LogP contribution is -2.03. The minimum absolute atomic E-state index is 0.135. The average Bonchev–Trinajstić information content (AvgIpc) is 2.48. The molecule has 0 aliphatic carbocycles. The summed E-state index contributed by atoms with van der Waals surface area (Å²) in [6, 6.07) is 11.8. The Balaban J connectivity index is 2.12. The molecule has 0 saturated heterocycles. The normalized spacial score (nSPS) is 12.0. The van der Waals surface area contributed by atoms with Crippen LogP contribution in [0.5, 0.6) is 11.5 Å². The number of ether oxygens (including phenoxy) is 2. The maximum Gasteiger partial charge on any atom is 0.165 e. The predicted octanol–water partition coefficient (Wildman–Crippen LogP) is 3.12. The van der Waals surface area contributed by atoms with Gasteiger partial charge in [0.1, 0.15) is 5.75 Å². The summed E-state index contributed by atoms with van der Waals surface area (Å²) in [7, 11) is 3.01. The second-order valence-electron chi connectivity index (χ2n) is 4.46. The van der Waals surface area contributed by atoms with Gasteiger partial charge in [-0.05, 0) is 35.4 Å². The summed E-state index contributed by atoms with van der Waals surface area (Å²) in [6.07, 6.45) is -0.267. The van der Waals surface area contributed by atoms with Gasteiger partial charge < -0.3 is 14.6 Å². The van der Waals surface area contributed by atoms with Gasteiger partial charge in [-0.15, -0.1) is 0 Å². The third kappa shape index (κ3) is 3.27. The summed E-state index contributed by atoms with van der Waals surface area (Å²) in [5.41, 5.74) is 1.60. The first-order valence-electron chi connectivity index (χ1n) is 6.28. The first-order valence-corrected chi connectivity index (χ1v) is 6.28. The molecule has 1 N–H and O–H groups in total. The Morgan fingerprint density at radius 1 is 1.05 bits per heavy atom. The number of hydrogen-bond acceptors (Lipinski definition) is 3. The van der Waals surface area contributed by atoms with Gasteiger partial charge in [-0.25, -0.2) is 4.39 Å². The molecule has 0 aliphatic heterocycles. The first-order chi connectivity index (χ1) is 9.63. The fraction of sp³-hybridized carbons (Fsp3) is 0.250. The molecule has 0 heterocycles. The van der Waals surface area contributed by atoms with Crippen LogP contribution in [0.1, 0.15) is 17.2 Å². The van der Waals surface area contributed by atoms with Crippen molar-refractivity contribution in [1.29, 1.82) is 0 Å². The quantitative estimate of drug-likeness (QED) is 0.912. The minimum atomic E-state index is -0.710. The second kappa shape index (κ2) is 6.39. The SMILES string of the molecule is COc1ccc(CC(O)c2ccc(F)c(OC)c2)cc1. The number of aliphatic hydroxyl groups is 1. The lowest BCUT2D eigenvalue weighted by Gasteiger charge is -2.13. The molecule has 4 heteroatoms. The van der Waals surface area contributed by atoms with Gasteiger partial charge in [-0.3, -0.25) is 0 Å². The topological polar surface area (TPSA) is 38.7 Å². The molecule has 1 atom stereocenters. The van der Waals surface area contributed by atoms with Gasteiger partial charge in [-0.2, -0.15) is 0 Å². The van der Waals surface area contributed by atoms with E-state index in [0.717, 1.165) is 11.3 Å². The fourth-order valence-electron chi connectivity index (χ4n) is 1.99. The van der Waals surface area contributed by atoms with Crippen molar-refractivity contribution in [2.45, 2.75) is 12.5 Å². The molecule has 0 saturated carbocycles. The van der Waals surface area contributed by atoms with Gasteiger partial charge in [0, 0.05) is 6.42 Å². The number of aliphatic hydroxyl groups excluding tert-OH is 1. The largest absolute Gasteiger partial charge is 0.497 e. The molecule has 3 nitrogen and oxygen atoms in total. The van der Waals surface area contributed by atoms with E-state index >= 15 is 0 Å². The summed E-state index contributed by atoms with van der Waals surface area (Å²) >= 11 is 0. The molecular weight excluding hydrogens is 259 g/mol. The van der Waals surface area contributed by atoms with E-state index in [4.69, 9.17) is 9.47 Å². The van der Waals surface area contributed by atoms with Crippen LogP contribution in [0.3, 0.4) is 0 Å². The molecule has 2 aromatic carbocycles. The first kappa shape index (κ1) is 14.3. The number of benzene rings is 2. The molecule has 1 unspecified atom stereocenters. The second-order valence-corrected chi connectivity index (χ2v) is 4.46. The van der Waals surface area contributed by atoms with Crippen LogP contribution in [0.25, 0.3) is 0 Å². The molecule has 0 fully saturated rings. The summed E-state index contributed by atoms with van der Waals surface area (Å²) in [5.74, 6) is 0.468. The summed E-state index contributed by atoms with van der Waals surface area (Å²) in [6.45, 7) is 0. The van der Waals surface area contributed by atoms with E-state index < -0.39 is 11.9 Å². The lowest BCUT2D eigenvalue weighted by atomic mass is 10.0. The monoisotopic (exact) mass is 276 g/mol. The van der Waals surface area contributed by atoms with E-state index in [-0.39, 0.29) is 5.75 Å². The Morgan fingerprint density at radius 3 is 2.35 bits per heavy atom. The molecule has 20 heavy (non-hydrogen) atoms. The van der Waals surface area contributed by atoms with Crippen molar-refractivity contribution in [3.05, 3.63) is 59.4 Å². The molecule has 106 valence electrons. The molecule has 2 aromatic rings. The highest BCUT2D eigenvalue weighted by Gasteiger charge is 2.12. The van der Waals surface area contributed by atoms with Crippen molar-refractivity contribution in [2.75, 3.05) is 14.2 Å². The highest BCUT2D eigenvalue weighted by molar-refractivity contribution is 5.33. The van der Waals surface area contributed by atoms with Crippen molar-refractivity contribution in [3.8, 4) is 11.5 Å². The van der Waals surface area contributed by atoms with E-state index in [2.05, 4.69) is 0 Å². The summed E-state index contributed by atoms with van der Waals surface area (Å²) < 4.78 is 23.3. The maximum absolute atomic E-state index is 13.3. The zero-order chi connectivity index (χ0) is 14.5. The van der Waals surface area contributed by atoms with Gasteiger partial charge in [0.15, 0.2) is 11.6 Å². The zero-order valence-corrected chi connectivity index (χ0v) is 11.5. The highest BCUT2D eigenvalue weighted by Crippen LogP contribution is 2.25. The Morgan fingerprint density at radius 2 is 1.75 bits per heavy atom. The van der Waals surface area contributed by atoms with E-state index in [9.17, 15) is 9.50 Å². The number of methoxy groups -OCH3 is 2. The van der Waals surface area contributed by atoms with E-state index in [1.165, 1.54) is 19.2 Å². The van der Waals surface area contributed by atoms with Crippen LogP contribution < -0.4 is 9.47 Å². The maximum atomic E-state index is 13.3. The zero-order valence-electron chi connectivity index (χ0n) is 11.5. The van der Waals surface area contributed by atoms with Gasteiger partial charge in [0.2, 0.25) is 0 Å². The van der Waals surface area contributed by atoms with Crippen molar-refractivity contribution in [3.63, 3.8) is 0 Å². The minimum Gasteiger partial charge on any atom is -0.497 e. The molecule has 0 amide bonds. The highest BCUT2D eigenvalue weighted by atomic mass is 19.1. The molecule has 0 aromatic heterocycles. The van der Waals surface area contributed by atoms with Crippen LogP contribution in [0.4, 0.5) is 4.39 Å². The number of halogens is 1. The van der Waals surface area contributed by atoms with Crippen molar-refractivity contribution in [2.24, 2.45) is 0 Å². The van der Waals surface area contributed by atoms with Crippen LogP contribution in [0.2, 0.25) is 0 Å². The lowest BCUT2D eigenvalue weighted by molar-refractivity contribution is 0.178. The predicted molar refractivity (Wildman–Crippen MR) is 74.6 cm³/mol. The molecule has 2 rings (SSSR count).